The van der Waals surface area contributed by atoms with Gasteiger partial charge in [-0.25, -0.2) is 4.79 Å². The van der Waals surface area contributed by atoms with Crippen molar-refractivity contribution in [3.8, 4) is 46.0 Å². The molecule has 0 aliphatic carbocycles. The molecule has 1 unspecified atom stereocenters. The van der Waals surface area contributed by atoms with E-state index in [4.69, 9.17) is 9.47 Å². The molecule has 10 nitrogen and oxygen atoms in total. The number of phenolic OH excluding ortho intramolecular Hbond substituents is 7. The van der Waals surface area contributed by atoms with E-state index in [2.05, 4.69) is 0 Å². The number of esters is 1. The van der Waals surface area contributed by atoms with E-state index in [1.165, 1.54) is 24.3 Å². The smallest absolute Gasteiger partial charge is 0.338 e. The summed E-state index contributed by atoms with van der Waals surface area (Å²) in [5.41, 5.74) is 0.324. The molecule has 4 rings (SSSR count). The van der Waals surface area contributed by atoms with Crippen LogP contribution in [0.2, 0.25) is 0 Å². The summed E-state index contributed by atoms with van der Waals surface area (Å²) in [4.78, 5) is 12.7. The Balaban J connectivity index is 1.72. The van der Waals surface area contributed by atoms with Gasteiger partial charge in [-0.15, -0.1) is 0 Å². The molecule has 1 heterocycles. The Morgan fingerprint density at radius 1 is 0.812 bits per heavy atom. The normalized spacial score (nSPS) is 17.2. The van der Waals surface area contributed by atoms with Crippen LogP contribution in [0.4, 0.5) is 0 Å². The lowest BCUT2D eigenvalue weighted by atomic mass is 9.93. The van der Waals surface area contributed by atoms with Gasteiger partial charge in [-0.3, -0.25) is 0 Å². The fraction of sp³-hybridized carbons (Fsp3) is 0.136. The van der Waals surface area contributed by atoms with Crippen LogP contribution < -0.4 is 4.74 Å². The Kier molecular flexibility index (Phi) is 4.97. The molecule has 0 aromatic heterocycles. The monoisotopic (exact) mass is 442 g/mol. The molecule has 3 aromatic rings. The van der Waals surface area contributed by atoms with Gasteiger partial charge in [-0.2, -0.15) is 0 Å². The molecule has 0 fully saturated rings. The van der Waals surface area contributed by atoms with Gasteiger partial charge in [-0.05, 0) is 24.3 Å². The minimum Gasteiger partial charge on any atom is -0.508 e. The highest BCUT2D eigenvalue weighted by Gasteiger charge is 2.37. The van der Waals surface area contributed by atoms with Crippen molar-refractivity contribution in [3.63, 3.8) is 0 Å². The first-order chi connectivity index (χ1) is 15.1. The maximum atomic E-state index is 12.7. The lowest BCUT2D eigenvalue weighted by molar-refractivity contribution is -0.0189. The lowest BCUT2D eigenvalue weighted by Crippen LogP contribution is -2.34. The van der Waals surface area contributed by atoms with Crippen LogP contribution in [0.15, 0.2) is 42.5 Å². The van der Waals surface area contributed by atoms with Crippen molar-refractivity contribution in [2.45, 2.75) is 18.6 Å². The number of rotatable bonds is 3. The zero-order valence-corrected chi connectivity index (χ0v) is 16.3. The fourth-order valence-corrected chi connectivity index (χ4v) is 3.48. The third-order valence-corrected chi connectivity index (χ3v) is 5.06. The van der Waals surface area contributed by atoms with Crippen molar-refractivity contribution in [2.24, 2.45) is 0 Å². The molecule has 7 N–H and O–H groups in total. The minimum absolute atomic E-state index is 0.0461. The van der Waals surface area contributed by atoms with Gasteiger partial charge in [0, 0.05) is 29.7 Å². The molecule has 1 aliphatic rings. The quantitative estimate of drug-likeness (QED) is 0.235. The SMILES string of the molecule is O=C(O[C@H]1Cc2c(O)cc(O)cc2OC1c1ccc(O)c(O)c1)c1cc(O)c(O)c(O)c1. The maximum absolute atomic E-state index is 12.7. The molecule has 32 heavy (non-hydrogen) atoms. The van der Waals surface area contributed by atoms with Crippen molar-refractivity contribution in [2.75, 3.05) is 0 Å². The molecule has 0 saturated carbocycles. The second-order valence-electron chi connectivity index (χ2n) is 7.24. The molecular formula is C22H18O10. The first-order valence-electron chi connectivity index (χ1n) is 9.33. The van der Waals surface area contributed by atoms with Crippen LogP contribution >= 0.6 is 0 Å². The third-order valence-electron chi connectivity index (χ3n) is 5.06. The Morgan fingerprint density at radius 3 is 2.16 bits per heavy atom. The van der Waals surface area contributed by atoms with Gasteiger partial charge in [0.1, 0.15) is 23.4 Å². The standard InChI is InChI=1S/C22H18O10/c23-11-6-14(25)12-8-19(32-22(30)10-4-16(27)20(29)17(28)5-10)21(31-18(12)7-11)9-1-2-13(24)15(26)3-9/h1-7,19,21,23-29H,8H2/t19-,21?/m0/s1. The summed E-state index contributed by atoms with van der Waals surface area (Å²) < 4.78 is 11.4. The van der Waals surface area contributed by atoms with Gasteiger partial charge < -0.3 is 45.2 Å². The highest BCUT2D eigenvalue weighted by atomic mass is 16.6. The van der Waals surface area contributed by atoms with Gasteiger partial charge in [0.15, 0.2) is 34.9 Å². The van der Waals surface area contributed by atoms with Gasteiger partial charge in [-0.1, -0.05) is 6.07 Å². The van der Waals surface area contributed by atoms with E-state index in [1.807, 2.05) is 0 Å². The summed E-state index contributed by atoms with van der Waals surface area (Å²) in [7, 11) is 0. The third kappa shape index (κ3) is 3.69. The van der Waals surface area contributed by atoms with E-state index in [0.717, 1.165) is 18.2 Å². The van der Waals surface area contributed by atoms with Crippen LogP contribution in [0.1, 0.15) is 27.6 Å². The number of ether oxygens (including phenoxy) is 2. The van der Waals surface area contributed by atoms with E-state index >= 15 is 0 Å². The van der Waals surface area contributed by atoms with Crippen molar-refractivity contribution >= 4 is 5.97 Å². The van der Waals surface area contributed by atoms with E-state index in [9.17, 15) is 40.5 Å². The van der Waals surface area contributed by atoms with E-state index < -0.39 is 41.2 Å². The number of fused-ring (bicyclic) bond motifs is 1. The zero-order chi connectivity index (χ0) is 23.2. The van der Waals surface area contributed by atoms with Crippen molar-refractivity contribution < 1.29 is 50.0 Å². The fourth-order valence-electron chi connectivity index (χ4n) is 3.48. The average molecular weight is 442 g/mol. The van der Waals surface area contributed by atoms with Crippen LogP contribution in [0, 0.1) is 0 Å². The number of aromatic hydroxyl groups is 7. The highest BCUT2D eigenvalue weighted by molar-refractivity contribution is 5.91. The molecule has 0 saturated heterocycles. The van der Waals surface area contributed by atoms with Gasteiger partial charge >= 0.3 is 5.97 Å². The second kappa shape index (κ2) is 7.65. The van der Waals surface area contributed by atoms with Gasteiger partial charge in [0.25, 0.3) is 0 Å². The predicted molar refractivity (Wildman–Crippen MR) is 107 cm³/mol. The van der Waals surface area contributed by atoms with Crippen molar-refractivity contribution in [3.05, 3.63) is 59.2 Å². The molecule has 10 heteroatoms. The topological polar surface area (TPSA) is 177 Å². The molecule has 0 bridgehead atoms. The van der Waals surface area contributed by atoms with Crippen LogP contribution in [-0.2, 0) is 11.2 Å². The number of phenols is 7. The van der Waals surface area contributed by atoms with Gasteiger partial charge in [0.05, 0.1) is 5.56 Å². The summed E-state index contributed by atoms with van der Waals surface area (Å²) >= 11 is 0. The number of carbonyl (C=O) groups is 1. The van der Waals surface area contributed by atoms with Crippen LogP contribution in [0.5, 0.6) is 46.0 Å². The minimum atomic E-state index is -1.06. The Hall–Kier alpha value is -4.47. The first kappa shape index (κ1) is 20.8. The number of carbonyl (C=O) groups excluding carboxylic acids is 1. The molecular weight excluding hydrogens is 424 g/mol. The molecule has 1 aliphatic heterocycles. The molecule has 0 amide bonds. The summed E-state index contributed by atoms with van der Waals surface area (Å²) in [6.45, 7) is 0. The van der Waals surface area contributed by atoms with Crippen molar-refractivity contribution in [1.82, 2.24) is 0 Å². The Bertz CT molecular complexity index is 1200. The molecule has 166 valence electrons. The zero-order valence-electron chi connectivity index (χ0n) is 16.3. The molecule has 0 radical (unpaired) electrons. The van der Waals surface area contributed by atoms with Crippen LogP contribution in [0.3, 0.4) is 0 Å². The Morgan fingerprint density at radius 2 is 1.50 bits per heavy atom. The van der Waals surface area contributed by atoms with E-state index in [-0.39, 0.29) is 40.5 Å². The summed E-state index contributed by atoms with van der Waals surface area (Å²) in [6, 6.07) is 8.07. The summed E-state index contributed by atoms with van der Waals surface area (Å²) in [5.74, 6) is -4.43. The number of hydrogen-bond donors (Lipinski definition) is 7. The molecule has 3 aromatic carbocycles. The number of hydrogen-bond acceptors (Lipinski definition) is 10. The van der Waals surface area contributed by atoms with Crippen LogP contribution in [0.25, 0.3) is 0 Å². The predicted octanol–water partition coefficient (Wildman–Crippen LogP) is 2.53. The van der Waals surface area contributed by atoms with E-state index in [0.29, 0.717) is 5.56 Å². The van der Waals surface area contributed by atoms with E-state index in [1.54, 1.807) is 0 Å². The first-order valence-corrected chi connectivity index (χ1v) is 9.33. The number of benzene rings is 3. The highest BCUT2D eigenvalue weighted by Crippen LogP contribution is 2.44. The average Bonchev–Trinajstić information content (AvgIpc) is 2.73. The summed E-state index contributed by atoms with van der Waals surface area (Å²) in [5, 5.41) is 68.2. The van der Waals surface area contributed by atoms with Crippen LogP contribution in [-0.4, -0.2) is 47.8 Å². The molecule has 0 spiro atoms. The maximum Gasteiger partial charge on any atom is 0.338 e. The molecule has 2 atom stereocenters. The Labute approximate surface area is 180 Å². The summed E-state index contributed by atoms with van der Waals surface area (Å²) in [6.07, 6.45) is -2.12. The largest absolute Gasteiger partial charge is 0.508 e. The second-order valence-corrected chi connectivity index (χ2v) is 7.24. The van der Waals surface area contributed by atoms with Crippen molar-refractivity contribution in [1.29, 1.82) is 0 Å². The lowest BCUT2D eigenvalue weighted by Gasteiger charge is -2.34. The van der Waals surface area contributed by atoms with Gasteiger partial charge in [0.2, 0.25) is 0 Å².